The number of likely N-dealkylation sites (tertiary alicyclic amines) is 1. The summed E-state index contributed by atoms with van der Waals surface area (Å²) < 4.78 is 6.48. The standard InChI is InChI=1S/C30H41N3O4S/c1-17(2)13-15-33-26(28(35)32-22-11-6-8-18(3)19(22)4)30-14-12-23(37-30)24(25(30)29(33)36)27(34)31-20-9-7-10-21(16-20)38-5/h7,9-10,12,14,16-19,22-26H,6,8,11,13,15H2,1-5H3,(H,31,34)(H,32,35)/t18?,19?,22?,23-,24?,25-,26?,30?/m1/s1. The zero-order valence-electron chi connectivity index (χ0n) is 23.1. The third kappa shape index (κ3) is 4.68. The van der Waals surface area contributed by atoms with Crippen molar-refractivity contribution in [2.45, 2.75) is 82.1 Å². The van der Waals surface area contributed by atoms with Crippen LogP contribution in [-0.2, 0) is 19.1 Å². The number of hydrogen-bond donors (Lipinski definition) is 2. The summed E-state index contributed by atoms with van der Waals surface area (Å²) in [5.74, 6) is -0.662. The van der Waals surface area contributed by atoms with Crippen LogP contribution in [0.5, 0.6) is 0 Å². The predicted molar refractivity (Wildman–Crippen MR) is 150 cm³/mol. The molecule has 3 aliphatic heterocycles. The molecule has 1 aromatic carbocycles. The maximum Gasteiger partial charge on any atom is 0.246 e. The zero-order valence-corrected chi connectivity index (χ0v) is 23.9. The van der Waals surface area contributed by atoms with Gasteiger partial charge in [0, 0.05) is 23.2 Å². The van der Waals surface area contributed by atoms with Gasteiger partial charge in [-0.3, -0.25) is 14.4 Å². The van der Waals surface area contributed by atoms with Crippen molar-refractivity contribution in [2.24, 2.45) is 29.6 Å². The molecule has 1 saturated carbocycles. The number of carbonyl (C=O) groups is 3. The van der Waals surface area contributed by atoms with Crippen molar-refractivity contribution in [3.63, 3.8) is 0 Å². The van der Waals surface area contributed by atoms with Gasteiger partial charge in [-0.1, -0.05) is 58.8 Å². The molecule has 0 aromatic heterocycles. The van der Waals surface area contributed by atoms with Gasteiger partial charge in [0.05, 0.1) is 17.9 Å². The first-order valence-corrected chi connectivity index (χ1v) is 15.3. The lowest BCUT2D eigenvalue weighted by atomic mass is 9.73. The number of ether oxygens (including phenoxy) is 1. The topological polar surface area (TPSA) is 87.7 Å². The SMILES string of the molecule is CSc1cccc(NC(=O)C2[C@H]3C=CC4(O3)C(C(=O)NC3CCCC(C)C3C)N(CCC(C)C)C(=O)[C@@H]24)c1. The van der Waals surface area contributed by atoms with Crippen molar-refractivity contribution in [3.05, 3.63) is 36.4 Å². The minimum Gasteiger partial charge on any atom is -0.359 e. The Bertz CT molecular complexity index is 1120. The van der Waals surface area contributed by atoms with Gasteiger partial charge in [-0.25, -0.2) is 0 Å². The molecule has 2 N–H and O–H groups in total. The fourth-order valence-corrected chi connectivity index (χ4v) is 7.34. The van der Waals surface area contributed by atoms with E-state index in [0.29, 0.717) is 30.0 Å². The minimum absolute atomic E-state index is 0.0779. The van der Waals surface area contributed by atoms with Crippen LogP contribution < -0.4 is 10.6 Å². The van der Waals surface area contributed by atoms with E-state index in [1.165, 1.54) is 6.42 Å². The van der Waals surface area contributed by atoms with Gasteiger partial charge in [0.25, 0.3) is 0 Å². The van der Waals surface area contributed by atoms with Crippen molar-refractivity contribution in [3.8, 4) is 0 Å². The predicted octanol–water partition coefficient (Wildman–Crippen LogP) is 4.48. The van der Waals surface area contributed by atoms with E-state index in [9.17, 15) is 14.4 Å². The first-order valence-electron chi connectivity index (χ1n) is 14.1. The molecule has 8 atom stereocenters. The largest absolute Gasteiger partial charge is 0.359 e. The molecule has 3 fully saturated rings. The van der Waals surface area contributed by atoms with Gasteiger partial charge in [0.1, 0.15) is 11.6 Å². The van der Waals surface area contributed by atoms with Crippen LogP contribution in [0.1, 0.15) is 53.4 Å². The normalized spacial score (nSPS) is 35.6. The molecule has 0 radical (unpaired) electrons. The summed E-state index contributed by atoms with van der Waals surface area (Å²) in [6.45, 7) is 9.14. The number of carbonyl (C=O) groups excluding carboxylic acids is 3. The maximum absolute atomic E-state index is 14.0. The summed E-state index contributed by atoms with van der Waals surface area (Å²) in [5.41, 5.74) is -0.422. The van der Waals surface area contributed by atoms with E-state index in [0.717, 1.165) is 24.2 Å². The monoisotopic (exact) mass is 539 g/mol. The molecule has 38 heavy (non-hydrogen) atoms. The second kappa shape index (κ2) is 10.7. The third-order valence-electron chi connectivity index (χ3n) is 9.24. The Morgan fingerprint density at radius 1 is 1.21 bits per heavy atom. The van der Waals surface area contributed by atoms with E-state index in [1.807, 2.05) is 42.7 Å². The Balaban J connectivity index is 1.43. The van der Waals surface area contributed by atoms with Crippen molar-refractivity contribution in [2.75, 3.05) is 18.1 Å². The highest BCUT2D eigenvalue weighted by molar-refractivity contribution is 7.98. The number of anilines is 1. The molecule has 3 heterocycles. The molecule has 1 spiro atoms. The molecule has 1 aliphatic carbocycles. The second-order valence-electron chi connectivity index (χ2n) is 12.0. The lowest BCUT2D eigenvalue weighted by molar-refractivity contribution is -0.141. The zero-order chi connectivity index (χ0) is 27.2. The van der Waals surface area contributed by atoms with Crippen molar-refractivity contribution in [1.29, 1.82) is 0 Å². The number of amides is 3. The van der Waals surface area contributed by atoms with Crippen LogP contribution in [0.2, 0.25) is 0 Å². The molecule has 3 amide bonds. The fraction of sp³-hybridized carbons (Fsp3) is 0.633. The van der Waals surface area contributed by atoms with Crippen LogP contribution in [0, 0.1) is 29.6 Å². The van der Waals surface area contributed by atoms with E-state index in [1.54, 1.807) is 16.7 Å². The Kier molecular flexibility index (Phi) is 7.66. The second-order valence-corrected chi connectivity index (χ2v) is 12.9. The Labute approximate surface area is 230 Å². The molecule has 8 heteroatoms. The molecule has 2 bridgehead atoms. The highest BCUT2D eigenvalue weighted by Gasteiger charge is 2.72. The average Bonchev–Trinajstić information content (AvgIpc) is 3.52. The van der Waals surface area contributed by atoms with E-state index in [-0.39, 0.29) is 23.8 Å². The summed E-state index contributed by atoms with van der Waals surface area (Å²) in [6, 6.07) is 6.98. The van der Waals surface area contributed by atoms with Crippen molar-refractivity contribution < 1.29 is 19.1 Å². The lowest BCUT2D eigenvalue weighted by Gasteiger charge is -2.38. The van der Waals surface area contributed by atoms with Gasteiger partial charge in [0.15, 0.2) is 0 Å². The van der Waals surface area contributed by atoms with Crippen LogP contribution in [0.3, 0.4) is 0 Å². The summed E-state index contributed by atoms with van der Waals surface area (Å²) in [7, 11) is 0. The molecule has 4 aliphatic rings. The first-order chi connectivity index (χ1) is 18.2. The van der Waals surface area contributed by atoms with Gasteiger partial charge in [-0.15, -0.1) is 11.8 Å². The fourth-order valence-electron chi connectivity index (χ4n) is 6.88. The van der Waals surface area contributed by atoms with Gasteiger partial charge >= 0.3 is 0 Å². The highest BCUT2D eigenvalue weighted by atomic mass is 32.2. The van der Waals surface area contributed by atoms with Crippen LogP contribution in [0.4, 0.5) is 5.69 Å². The molecule has 2 saturated heterocycles. The summed E-state index contributed by atoms with van der Waals surface area (Å²) in [6.07, 6.45) is 9.22. The third-order valence-corrected chi connectivity index (χ3v) is 9.97. The Hall–Kier alpha value is -2.32. The molecular formula is C30H41N3O4S. The minimum atomic E-state index is -1.12. The number of thioether (sulfide) groups is 1. The number of nitrogens with one attached hydrogen (secondary N) is 2. The number of nitrogens with zero attached hydrogens (tertiary/aromatic N) is 1. The lowest BCUT2D eigenvalue weighted by Crippen LogP contribution is -2.58. The molecular weight excluding hydrogens is 498 g/mol. The maximum atomic E-state index is 14.0. The van der Waals surface area contributed by atoms with Gasteiger partial charge in [0.2, 0.25) is 17.7 Å². The molecule has 6 unspecified atom stereocenters. The molecule has 7 nitrogen and oxygen atoms in total. The quantitative estimate of drug-likeness (QED) is 0.376. The first kappa shape index (κ1) is 27.3. The van der Waals surface area contributed by atoms with Crippen molar-refractivity contribution in [1.82, 2.24) is 10.2 Å². The molecule has 206 valence electrons. The summed E-state index contributed by atoms with van der Waals surface area (Å²) >= 11 is 1.60. The summed E-state index contributed by atoms with van der Waals surface area (Å²) in [4.78, 5) is 44.4. The van der Waals surface area contributed by atoms with Crippen LogP contribution >= 0.6 is 11.8 Å². The number of hydrogen-bond acceptors (Lipinski definition) is 5. The average molecular weight is 540 g/mol. The Morgan fingerprint density at radius 3 is 2.74 bits per heavy atom. The van der Waals surface area contributed by atoms with E-state index in [2.05, 4.69) is 38.3 Å². The Morgan fingerprint density at radius 2 is 2.00 bits per heavy atom. The van der Waals surface area contributed by atoms with Gasteiger partial charge < -0.3 is 20.3 Å². The van der Waals surface area contributed by atoms with E-state index in [4.69, 9.17) is 4.74 Å². The highest BCUT2D eigenvalue weighted by Crippen LogP contribution is 2.55. The van der Waals surface area contributed by atoms with Crippen LogP contribution in [-0.4, -0.2) is 59.2 Å². The van der Waals surface area contributed by atoms with Crippen LogP contribution in [0.15, 0.2) is 41.3 Å². The van der Waals surface area contributed by atoms with E-state index < -0.39 is 29.6 Å². The van der Waals surface area contributed by atoms with Gasteiger partial charge in [-0.2, -0.15) is 0 Å². The molecule has 1 aromatic rings. The number of rotatable bonds is 8. The number of benzene rings is 1. The smallest absolute Gasteiger partial charge is 0.246 e. The van der Waals surface area contributed by atoms with Gasteiger partial charge in [-0.05, 0) is 55.1 Å². The van der Waals surface area contributed by atoms with Crippen molar-refractivity contribution >= 4 is 35.2 Å². The number of fused-ring (bicyclic) bond motifs is 1. The summed E-state index contributed by atoms with van der Waals surface area (Å²) in [5, 5.41) is 6.34. The van der Waals surface area contributed by atoms with Crippen LogP contribution in [0.25, 0.3) is 0 Å². The molecule has 5 rings (SSSR count). The van der Waals surface area contributed by atoms with E-state index >= 15 is 0 Å².